The van der Waals surface area contributed by atoms with Crippen LogP contribution in [0.25, 0.3) is 0 Å². The lowest BCUT2D eigenvalue weighted by atomic mass is 10.1. The summed E-state index contributed by atoms with van der Waals surface area (Å²) >= 11 is 0. The van der Waals surface area contributed by atoms with E-state index in [4.69, 9.17) is 15.6 Å². The number of carbonyl (C=O) groups excluding carboxylic acids is 4. The predicted molar refractivity (Wildman–Crippen MR) is 356 cm³/mol. The molecule has 6 saturated heterocycles. The van der Waals surface area contributed by atoms with E-state index in [1.165, 1.54) is 118 Å². The molecule has 18 nitrogen and oxygen atoms in total. The molecule has 18 heteroatoms. The Hall–Kier alpha value is -6.70. The number of fused-ring (bicyclic) bond motifs is 1. The van der Waals surface area contributed by atoms with Crippen molar-refractivity contribution in [1.29, 1.82) is 10.8 Å². The first-order valence-corrected chi connectivity index (χ1v) is 31.8. The highest BCUT2D eigenvalue weighted by atomic mass is 16.5. The van der Waals surface area contributed by atoms with E-state index >= 15 is 0 Å². The van der Waals surface area contributed by atoms with Crippen molar-refractivity contribution in [3.8, 4) is 0 Å². The maximum Gasteiger partial charge on any atom is 0.237 e. The van der Waals surface area contributed by atoms with E-state index in [1.54, 1.807) is 16.9 Å². The molecule has 86 heavy (non-hydrogen) atoms. The number of carbonyl (C=O) groups is 4. The molecule has 4 amide bonds. The molecule has 4 aromatic rings. The molecule has 0 bridgehead atoms. The largest absolute Gasteiger partial charge is 0.388 e. The van der Waals surface area contributed by atoms with Gasteiger partial charge in [0.15, 0.2) is 0 Å². The molecule has 6 fully saturated rings. The van der Waals surface area contributed by atoms with Crippen molar-refractivity contribution in [1.82, 2.24) is 41.7 Å². The molecule has 0 spiro atoms. The molecular weight excluding hydrogens is 1080 g/mol. The van der Waals surface area contributed by atoms with Gasteiger partial charge in [-0.1, -0.05) is 91.9 Å². The lowest BCUT2D eigenvalue weighted by molar-refractivity contribution is -0.123. The van der Waals surface area contributed by atoms with Crippen molar-refractivity contribution in [2.24, 2.45) is 0 Å². The fourth-order valence-electron chi connectivity index (χ4n) is 10.9. The van der Waals surface area contributed by atoms with Crippen molar-refractivity contribution in [3.05, 3.63) is 123 Å². The van der Waals surface area contributed by atoms with Gasteiger partial charge in [0, 0.05) is 120 Å². The second-order valence-corrected chi connectivity index (χ2v) is 22.5. The van der Waals surface area contributed by atoms with Crippen LogP contribution < -0.4 is 47.4 Å². The molecule has 0 saturated carbocycles. The molecule has 4 aromatic carbocycles. The molecule has 7 aliphatic heterocycles. The summed E-state index contributed by atoms with van der Waals surface area (Å²) in [5.41, 5.74) is 12.2. The number of piperidine rings is 2. The second-order valence-electron chi connectivity index (χ2n) is 22.5. The van der Waals surface area contributed by atoms with Crippen LogP contribution in [0.4, 0.5) is 17.1 Å². The van der Waals surface area contributed by atoms with Crippen LogP contribution in [0, 0.1) is 31.6 Å². The lowest BCUT2D eigenvalue weighted by Gasteiger charge is -2.26. The third-order valence-electron chi connectivity index (χ3n) is 16.0. The van der Waals surface area contributed by atoms with Crippen LogP contribution in [0.15, 0.2) is 78.9 Å². The Kier molecular flexibility index (Phi) is 35.2. The molecular formula is C68H107N13O5. The number of ether oxygens (including phenoxy) is 1. The SMILES string of the molecule is C1CCNCC1.C1CCNCC1.CC.CNc1ccc(CNC(=O)C2CC(N3CCc4cc(C)ccc43)CN2)cc1C=N.CNc1ccc(CNC(=O)C2CCCN2)cc1C=N.COC1CCN(C=O)C1.Cc1ccc(C)cc1.O=CN1CCCC1. The molecule has 11 rings (SSSR count). The number of methoxy groups -OCH3 is 1. The van der Waals surface area contributed by atoms with E-state index in [0.717, 1.165) is 124 Å². The summed E-state index contributed by atoms with van der Waals surface area (Å²) in [4.78, 5) is 50.6. The van der Waals surface area contributed by atoms with Gasteiger partial charge in [-0.15, -0.1) is 0 Å². The molecule has 7 aliphatic rings. The highest BCUT2D eigenvalue weighted by Gasteiger charge is 2.35. The van der Waals surface area contributed by atoms with Gasteiger partial charge >= 0.3 is 0 Å². The van der Waals surface area contributed by atoms with Gasteiger partial charge in [0.25, 0.3) is 0 Å². The number of rotatable bonds is 14. The first-order chi connectivity index (χ1) is 41.9. The van der Waals surface area contributed by atoms with Crippen LogP contribution in [0.3, 0.4) is 0 Å². The molecule has 10 N–H and O–H groups in total. The first-order valence-electron chi connectivity index (χ1n) is 31.8. The molecule has 0 aliphatic carbocycles. The topological polar surface area (TPSA) is 231 Å². The second kappa shape index (κ2) is 42.2. The van der Waals surface area contributed by atoms with Gasteiger partial charge in [-0.25, -0.2) is 0 Å². The number of anilines is 3. The van der Waals surface area contributed by atoms with Gasteiger partial charge in [0.1, 0.15) is 0 Å². The van der Waals surface area contributed by atoms with E-state index in [2.05, 4.69) is 111 Å². The van der Waals surface area contributed by atoms with Gasteiger partial charge < -0.3 is 72.8 Å². The number of likely N-dealkylation sites (tertiary alicyclic amines) is 2. The average Bonchev–Trinajstić information content (AvgIpc) is 3.16. The summed E-state index contributed by atoms with van der Waals surface area (Å²) in [5.74, 6) is 0.108. The zero-order valence-electron chi connectivity index (χ0n) is 53.4. The van der Waals surface area contributed by atoms with E-state index in [-0.39, 0.29) is 30.0 Å². The zero-order chi connectivity index (χ0) is 62.3. The minimum absolute atomic E-state index is 0.0428. The highest BCUT2D eigenvalue weighted by Crippen LogP contribution is 2.32. The predicted octanol–water partition coefficient (Wildman–Crippen LogP) is 8.49. The molecule has 0 radical (unpaired) electrons. The smallest absolute Gasteiger partial charge is 0.237 e. The van der Waals surface area contributed by atoms with Crippen LogP contribution >= 0.6 is 0 Å². The van der Waals surface area contributed by atoms with E-state index < -0.39 is 0 Å². The lowest BCUT2D eigenvalue weighted by Crippen LogP contribution is -2.40. The Morgan fingerprint density at radius 1 is 0.593 bits per heavy atom. The van der Waals surface area contributed by atoms with Gasteiger partial charge in [0.05, 0.1) is 18.2 Å². The van der Waals surface area contributed by atoms with Crippen molar-refractivity contribution < 1.29 is 23.9 Å². The Bertz CT molecular complexity index is 2530. The summed E-state index contributed by atoms with van der Waals surface area (Å²) in [7, 11) is 5.35. The number of nitrogens with zero attached hydrogens (tertiary/aromatic N) is 3. The molecule has 4 unspecified atom stereocenters. The van der Waals surface area contributed by atoms with Gasteiger partial charge in [-0.3, -0.25) is 19.2 Å². The monoisotopic (exact) mass is 1190 g/mol. The van der Waals surface area contributed by atoms with Gasteiger partial charge in [-0.2, -0.15) is 0 Å². The summed E-state index contributed by atoms with van der Waals surface area (Å²) in [6, 6.07) is 27.0. The fourth-order valence-corrected chi connectivity index (χ4v) is 10.9. The minimum atomic E-state index is -0.159. The highest BCUT2D eigenvalue weighted by molar-refractivity contribution is 5.87. The number of nitrogens with one attached hydrogen (secondary N) is 10. The average molecular weight is 1190 g/mol. The van der Waals surface area contributed by atoms with Gasteiger partial charge in [0.2, 0.25) is 24.6 Å². The summed E-state index contributed by atoms with van der Waals surface area (Å²) in [6.45, 7) is 22.7. The minimum Gasteiger partial charge on any atom is -0.388 e. The van der Waals surface area contributed by atoms with Crippen molar-refractivity contribution in [2.75, 3.05) is 109 Å². The fraction of sp³-hybridized carbons (Fsp3) is 0.559. The Balaban J connectivity index is 0.000000237. The van der Waals surface area contributed by atoms with Crippen LogP contribution in [-0.4, -0.2) is 164 Å². The molecule has 4 atom stereocenters. The Morgan fingerprint density at radius 3 is 1.52 bits per heavy atom. The van der Waals surface area contributed by atoms with Crippen molar-refractivity contribution >= 4 is 54.1 Å². The molecule has 474 valence electrons. The third kappa shape index (κ3) is 26.1. The van der Waals surface area contributed by atoms with Crippen LogP contribution in [0.1, 0.15) is 135 Å². The Morgan fingerprint density at radius 2 is 1.12 bits per heavy atom. The van der Waals surface area contributed by atoms with Crippen LogP contribution in [0.5, 0.6) is 0 Å². The zero-order valence-corrected chi connectivity index (χ0v) is 53.4. The number of hydrogen-bond acceptors (Lipinski definition) is 14. The van der Waals surface area contributed by atoms with Crippen molar-refractivity contribution in [2.45, 2.75) is 155 Å². The number of amides is 4. The molecule has 0 aromatic heterocycles. The standard InChI is InChI=1S/C23H29N5O.C14H20N4O.C8H10.C6H11NO2.C5H9NO.2C5H11N.C2H6/c1-15-3-6-22-17(9-15)7-8-28(22)19-11-21(26-14-19)23(29)27-13-16-4-5-20(25-2)18(10-16)12-24;1-16-12-5-4-10(7-11(12)8-15)9-18-14(19)13-3-2-6-17-13;1-7-3-5-8(2)6-4-7;1-9-6-2-3-7(4-6)5-8;7-5-6-3-1-2-4-6;2*1-2-4-6-5-3-1;1-2/h3-6,9-10,12,19,21,24-26H,7-8,11,13-14H2,1-2H3,(H,27,29);4-5,7-8,13,15-17H,2-3,6,9H2,1H3,(H,18,19);3-6H,1-2H3;5-6H,2-4H2,1H3;5H,1-4H2;2*6H,1-5H2;1-2H3. The summed E-state index contributed by atoms with van der Waals surface area (Å²) < 4.78 is 5.04. The van der Waals surface area contributed by atoms with E-state index in [0.29, 0.717) is 19.1 Å². The maximum atomic E-state index is 12.7. The normalized spacial score (nSPS) is 19.6. The Labute approximate surface area is 515 Å². The first kappa shape index (κ1) is 71.8. The summed E-state index contributed by atoms with van der Waals surface area (Å²) in [6.07, 6.45) is 20.4. The van der Waals surface area contributed by atoms with Crippen LogP contribution in [-0.2, 0) is 43.4 Å². The van der Waals surface area contributed by atoms with Gasteiger partial charge in [-0.05, 0) is 171 Å². The quantitative estimate of drug-likeness (QED) is 0.0423. The summed E-state index contributed by atoms with van der Waals surface area (Å²) in [5, 5.41) is 40.2. The van der Waals surface area contributed by atoms with Crippen LogP contribution in [0.2, 0.25) is 0 Å². The maximum absolute atomic E-state index is 12.7. The number of benzene rings is 4. The molecule has 7 heterocycles. The van der Waals surface area contributed by atoms with E-state index in [9.17, 15) is 19.2 Å². The number of aryl methyl sites for hydroxylation is 3. The van der Waals surface area contributed by atoms with Crippen molar-refractivity contribution in [3.63, 3.8) is 0 Å². The number of hydrogen-bond donors (Lipinski definition) is 10. The third-order valence-corrected chi connectivity index (χ3v) is 16.0. The van der Waals surface area contributed by atoms with E-state index in [1.807, 2.05) is 64.3 Å².